The Kier molecular flexibility index (Phi) is 4.15. The van der Waals surface area contributed by atoms with E-state index in [2.05, 4.69) is 9.71 Å². The standard InChI is InChI=1S/C14H15FN2O2S/c1-10-9-12(15)6-7-14(10)20(18,19)17-11(2)13-5-3-4-8-16-13/h3-9,11,17H,1-2H3. The number of aromatic nitrogens is 1. The van der Waals surface area contributed by atoms with E-state index in [1.807, 2.05) is 0 Å². The van der Waals surface area contributed by atoms with Crippen LogP contribution >= 0.6 is 0 Å². The lowest BCUT2D eigenvalue weighted by Gasteiger charge is -2.15. The number of hydrogen-bond acceptors (Lipinski definition) is 3. The summed E-state index contributed by atoms with van der Waals surface area (Å²) < 4.78 is 40.1. The summed E-state index contributed by atoms with van der Waals surface area (Å²) >= 11 is 0. The lowest BCUT2D eigenvalue weighted by atomic mass is 10.2. The van der Waals surface area contributed by atoms with E-state index in [0.717, 1.165) is 6.07 Å². The monoisotopic (exact) mass is 294 g/mol. The number of nitrogens with one attached hydrogen (secondary N) is 1. The summed E-state index contributed by atoms with van der Waals surface area (Å²) in [5.74, 6) is -0.459. The van der Waals surface area contributed by atoms with Gasteiger partial charge in [0.1, 0.15) is 5.82 Å². The zero-order chi connectivity index (χ0) is 14.8. The second kappa shape index (κ2) is 5.68. The Hall–Kier alpha value is -1.79. The van der Waals surface area contributed by atoms with Crippen molar-refractivity contribution in [2.24, 2.45) is 0 Å². The quantitative estimate of drug-likeness (QED) is 0.943. The van der Waals surface area contributed by atoms with E-state index in [1.54, 1.807) is 38.2 Å². The topological polar surface area (TPSA) is 59.1 Å². The van der Waals surface area contributed by atoms with E-state index in [1.165, 1.54) is 12.1 Å². The molecule has 2 rings (SSSR count). The van der Waals surface area contributed by atoms with Gasteiger partial charge in [0.15, 0.2) is 0 Å². The first-order chi connectivity index (χ1) is 9.40. The maximum Gasteiger partial charge on any atom is 0.241 e. The molecule has 0 amide bonds. The predicted octanol–water partition coefficient (Wildman–Crippen LogP) is 2.57. The van der Waals surface area contributed by atoms with Gasteiger partial charge in [0.05, 0.1) is 16.6 Å². The van der Waals surface area contributed by atoms with E-state index in [9.17, 15) is 12.8 Å². The van der Waals surface area contributed by atoms with Crippen LogP contribution in [-0.4, -0.2) is 13.4 Å². The molecule has 6 heteroatoms. The van der Waals surface area contributed by atoms with Crippen molar-refractivity contribution in [2.75, 3.05) is 0 Å². The summed E-state index contributed by atoms with van der Waals surface area (Å²) in [6, 6.07) is 8.41. The molecule has 0 aliphatic heterocycles. The molecule has 0 bridgehead atoms. The summed E-state index contributed by atoms with van der Waals surface area (Å²) in [4.78, 5) is 4.18. The van der Waals surface area contributed by atoms with Crippen LogP contribution in [-0.2, 0) is 10.0 Å². The second-order valence-electron chi connectivity index (χ2n) is 4.51. The minimum Gasteiger partial charge on any atom is -0.260 e. The SMILES string of the molecule is Cc1cc(F)ccc1S(=O)(=O)NC(C)c1ccccn1. The molecule has 1 N–H and O–H groups in total. The smallest absolute Gasteiger partial charge is 0.241 e. The molecule has 1 aromatic carbocycles. The van der Waals surface area contributed by atoms with Crippen LogP contribution in [0.1, 0.15) is 24.2 Å². The van der Waals surface area contributed by atoms with Crippen LogP contribution in [0.2, 0.25) is 0 Å². The fraction of sp³-hybridized carbons (Fsp3) is 0.214. The Morgan fingerprint density at radius 2 is 2.00 bits per heavy atom. The fourth-order valence-electron chi connectivity index (χ4n) is 1.90. The maximum atomic E-state index is 13.0. The van der Waals surface area contributed by atoms with Crippen molar-refractivity contribution in [3.8, 4) is 0 Å². The molecule has 0 fully saturated rings. The van der Waals surface area contributed by atoms with Crippen molar-refractivity contribution < 1.29 is 12.8 Å². The molecule has 0 aliphatic carbocycles. The Labute approximate surface area is 117 Å². The van der Waals surface area contributed by atoms with Crippen LogP contribution in [0.4, 0.5) is 4.39 Å². The lowest BCUT2D eigenvalue weighted by Crippen LogP contribution is -2.28. The van der Waals surface area contributed by atoms with E-state index in [0.29, 0.717) is 11.3 Å². The second-order valence-corrected chi connectivity index (χ2v) is 6.19. The average molecular weight is 294 g/mol. The number of hydrogen-bond donors (Lipinski definition) is 1. The molecule has 2 aromatic rings. The number of aryl methyl sites for hydroxylation is 1. The van der Waals surface area contributed by atoms with Crippen molar-refractivity contribution in [2.45, 2.75) is 24.8 Å². The maximum absolute atomic E-state index is 13.0. The summed E-state index contributed by atoms with van der Waals surface area (Å²) in [7, 11) is -3.71. The number of rotatable bonds is 4. The summed E-state index contributed by atoms with van der Waals surface area (Å²) in [6.07, 6.45) is 1.60. The fourth-order valence-corrected chi connectivity index (χ4v) is 3.35. The third kappa shape index (κ3) is 3.20. The molecular weight excluding hydrogens is 279 g/mol. The zero-order valence-electron chi connectivity index (χ0n) is 11.2. The van der Waals surface area contributed by atoms with Gasteiger partial charge in [-0.3, -0.25) is 4.98 Å². The van der Waals surface area contributed by atoms with Crippen LogP contribution in [0, 0.1) is 12.7 Å². The molecule has 1 aromatic heterocycles. The minimum absolute atomic E-state index is 0.0710. The Balaban J connectivity index is 2.28. The first kappa shape index (κ1) is 14.6. The van der Waals surface area contributed by atoms with Crippen molar-refractivity contribution in [1.29, 1.82) is 0 Å². The van der Waals surface area contributed by atoms with Gasteiger partial charge < -0.3 is 0 Å². The third-order valence-electron chi connectivity index (χ3n) is 2.89. The van der Waals surface area contributed by atoms with Crippen molar-refractivity contribution in [3.05, 3.63) is 59.7 Å². The molecular formula is C14H15FN2O2S. The molecule has 20 heavy (non-hydrogen) atoms. The Bertz CT molecular complexity index is 702. The van der Waals surface area contributed by atoms with Gasteiger partial charge in [0, 0.05) is 6.20 Å². The van der Waals surface area contributed by atoms with Crippen LogP contribution in [0.3, 0.4) is 0 Å². The number of halogens is 1. The van der Waals surface area contributed by atoms with Crippen molar-refractivity contribution in [3.63, 3.8) is 0 Å². The number of nitrogens with zero attached hydrogens (tertiary/aromatic N) is 1. The predicted molar refractivity (Wildman–Crippen MR) is 74.1 cm³/mol. The van der Waals surface area contributed by atoms with Crippen LogP contribution in [0.5, 0.6) is 0 Å². The van der Waals surface area contributed by atoms with E-state index in [-0.39, 0.29) is 4.90 Å². The molecule has 0 saturated heterocycles. The van der Waals surface area contributed by atoms with Gasteiger partial charge in [-0.05, 0) is 49.7 Å². The van der Waals surface area contributed by atoms with E-state index in [4.69, 9.17) is 0 Å². The van der Waals surface area contributed by atoms with Gasteiger partial charge in [0.25, 0.3) is 0 Å². The molecule has 4 nitrogen and oxygen atoms in total. The normalized spacial score (nSPS) is 13.2. The van der Waals surface area contributed by atoms with Gasteiger partial charge in [-0.15, -0.1) is 0 Å². The van der Waals surface area contributed by atoms with Crippen LogP contribution in [0.15, 0.2) is 47.5 Å². The third-order valence-corrected chi connectivity index (χ3v) is 4.59. The highest BCUT2D eigenvalue weighted by atomic mass is 32.2. The largest absolute Gasteiger partial charge is 0.260 e. The van der Waals surface area contributed by atoms with Crippen LogP contribution in [0.25, 0.3) is 0 Å². The van der Waals surface area contributed by atoms with Gasteiger partial charge in [-0.2, -0.15) is 0 Å². The molecule has 106 valence electrons. The Morgan fingerprint density at radius 1 is 1.25 bits per heavy atom. The minimum atomic E-state index is -3.71. The van der Waals surface area contributed by atoms with Gasteiger partial charge in [-0.1, -0.05) is 6.07 Å². The highest BCUT2D eigenvalue weighted by molar-refractivity contribution is 7.89. The van der Waals surface area contributed by atoms with Crippen LogP contribution < -0.4 is 4.72 Å². The summed E-state index contributed by atoms with van der Waals surface area (Å²) in [5, 5.41) is 0. The van der Waals surface area contributed by atoms with E-state index >= 15 is 0 Å². The molecule has 0 spiro atoms. The lowest BCUT2D eigenvalue weighted by molar-refractivity contribution is 0.562. The Morgan fingerprint density at radius 3 is 2.60 bits per heavy atom. The number of sulfonamides is 1. The molecule has 1 unspecified atom stereocenters. The van der Waals surface area contributed by atoms with E-state index < -0.39 is 21.9 Å². The highest BCUT2D eigenvalue weighted by Crippen LogP contribution is 2.19. The molecule has 1 atom stereocenters. The molecule has 0 radical (unpaired) electrons. The first-order valence-corrected chi connectivity index (χ1v) is 7.58. The first-order valence-electron chi connectivity index (χ1n) is 6.09. The summed E-state index contributed by atoms with van der Waals surface area (Å²) in [5.41, 5.74) is 0.988. The molecule has 0 saturated carbocycles. The van der Waals surface area contributed by atoms with Crippen molar-refractivity contribution >= 4 is 10.0 Å². The van der Waals surface area contributed by atoms with Gasteiger partial charge in [0.2, 0.25) is 10.0 Å². The van der Waals surface area contributed by atoms with Crippen molar-refractivity contribution in [1.82, 2.24) is 9.71 Å². The number of pyridine rings is 1. The summed E-state index contributed by atoms with van der Waals surface area (Å²) in [6.45, 7) is 3.27. The highest BCUT2D eigenvalue weighted by Gasteiger charge is 2.21. The number of benzene rings is 1. The molecule has 1 heterocycles. The van der Waals surface area contributed by atoms with Gasteiger partial charge in [-0.25, -0.2) is 17.5 Å². The molecule has 0 aliphatic rings. The average Bonchev–Trinajstić information content (AvgIpc) is 2.38. The zero-order valence-corrected chi connectivity index (χ0v) is 12.0. The van der Waals surface area contributed by atoms with Gasteiger partial charge >= 0.3 is 0 Å².